The number of rotatable bonds is 2. The third-order valence-corrected chi connectivity index (χ3v) is 3.75. The lowest BCUT2D eigenvalue weighted by Gasteiger charge is -2.10. The van der Waals surface area contributed by atoms with E-state index in [0.29, 0.717) is 10.8 Å². The fourth-order valence-electron chi connectivity index (χ4n) is 2.55. The Bertz CT molecular complexity index is 1010. The maximum Gasteiger partial charge on any atom is 0.136 e. The molecule has 1 aliphatic rings. The summed E-state index contributed by atoms with van der Waals surface area (Å²) in [5.74, 6) is 0. The molecule has 0 saturated carbocycles. The van der Waals surface area contributed by atoms with E-state index >= 15 is 0 Å². The third-order valence-electron chi connectivity index (χ3n) is 3.75. The highest BCUT2D eigenvalue weighted by molar-refractivity contribution is 5.81. The highest BCUT2D eigenvalue weighted by Crippen LogP contribution is 2.27. The second kappa shape index (κ2) is 7.42. The Hall–Kier alpha value is -3.86. The van der Waals surface area contributed by atoms with Crippen molar-refractivity contribution in [1.29, 1.82) is 21.0 Å². The molecule has 0 heterocycles. The molecule has 1 aromatic rings. The van der Waals surface area contributed by atoms with E-state index in [1.165, 1.54) is 0 Å². The van der Waals surface area contributed by atoms with Crippen molar-refractivity contribution in [2.45, 2.75) is 13.3 Å². The molecular weight excluding hydrogens is 296 g/mol. The van der Waals surface area contributed by atoms with Crippen LogP contribution in [0.3, 0.4) is 0 Å². The van der Waals surface area contributed by atoms with E-state index in [-0.39, 0.29) is 11.1 Å². The van der Waals surface area contributed by atoms with Gasteiger partial charge in [0, 0.05) is 5.22 Å². The molecule has 24 heavy (non-hydrogen) atoms. The van der Waals surface area contributed by atoms with Crippen LogP contribution < -0.4 is 10.4 Å². The van der Waals surface area contributed by atoms with Crippen LogP contribution in [0.5, 0.6) is 0 Å². The van der Waals surface area contributed by atoms with E-state index in [9.17, 15) is 0 Å². The van der Waals surface area contributed by atoms with Crippen LogP contribution in [-0.2, 0) is 0 Å². The summed E-state index contributed by atoms with van der Waals surface area (Å²) >= 11 is 0. The molecule has 0 fully saturated rings. The van der Waals surface area contributed by atoms with Crippen molar-refractivity contribution in [2.24, 2.45) is 0 Å². The van der Waals surface area contributed by atoms with E-state index in [4.69, 9.17) is 21.0 Å². The Kier molecular flexibility index (Phi) is 5.10. The van der Waals surface area contributed by atoms with Crippen molar-refractivity contribution >= 4 is 11.1 Å². The van der Waals surface area contributed by atoms with E-state index in [0.717, 1.165) is 22.8 Å². The SMILES string of the molecule is CC(=C(C#N)C#N)C(C1=CC=CC1)=c1ccc(=C(C#N)C#N)cc1. The van der Waals surface area contributed by atoms with Gasteiger partial charge < -0.3 is 0 Å². The van der Waals surface area contributed by atoms with Gasteiger partial charge in [-0.2, -0.15) is 21.0 Å². The monoisotopic (exact) mass is 308 g/mol. The molecule has 1 aromatic carbocycles. The number of nitrogens with zero attached hydrogens (tertiary/aromatic N) is 4. The number of hydrogen-bond donors (Lipinski definition) is 0. The zero-order valence-corrected chi connectivity index (χ0v) is 13.0. The second-order valence-corrected chi connectivity index (χ2v) is 5.10. The van der Waals surface area contributed by atoms with Crippen LogP contribution in [0.4, 0.5) is 0 Å². The van der Waals surface area contributed by atoms with Gasteiger partial charge in [0.15, 0.2) is 0 Å². The van der Waals surface area contributed by atoms with Gasteiger partial charge in [0.05, 0.1) is 0 Å². The molecule has 0 bridgehead atoms. The molecule has 0 saturated heterocycles. The number of benzene rings is 1. The van der Waals surface area contributed by atoms with Crippen LogP contribution >= 0.6 is 0 Å². The van der Waals surface area contributed by atoms with Crippen molar-refractivity contribution in [3.8, 4) is 24.3 Å². The van der Waals surface area contributed by atoms with E-state index in [1.807, 2.05) is 42.5 Å². The quantitative estimate of drug-likeness (QED) is 0.783. The topological polar surface area (TPSA) is 95.2 Å². The van der Waals surface area contributed by atoms with Crippen LogP contribution in [0, 0.1) is 45.3 Å². The summed E-state index contributed by atoms with van der Waals surface area (Å²) < 4.78 is 0. The van der Waals surface area contributed by atoms with Crippen molar-refractivity contribution in [3.05, 3.63) is 69.7 Å². The highest BCUT2D eigenvalue weighted by atomic mass is 14.3. The third kappa shape index (κ3) is 3.15. The van der Waals surface area contributed by atoms with Gasteiger partial charge in [-0.25, -0.2) is 0 Å². The Morgan fingerprint density at radius 1 is 0.875 bits per heavy atom. The average Bonchev–Trinajstić information content (AvgIpc) is 3.13. The first-order valence-corrected chi connectivity index (χ1v) is 7.18. The smallest absolute Gasteiger partial charge is 0.136 e. The summed E-state index contributed by atoms with van der Waals surface area (Å²) in [7, 11) is 0. The van der Waals surface area contributed by atoms with Crippen molar-refractivity contribution in [3.63, 3.8) is 0 Å². The Morgan fingerprint density at radius 3 is 1.92 bits per heavy atom. The van der Waals surface area contributed by atoms with Gasteiger partial charge in [-0.15, -0.1) is 0 Å². The molecule has 1 aliphatic carbocycles. The fraction of sp³-hybridized carbons (Fsp3) is 0.100. The second-order valence-electron chi connectivity index (χ2n) is 5.10. The summed E-state index contributed by atoms with van der Waals surface area (Å²) in [4.78, 5) is 0. The molecule has 0 unspecified atom stereocenters. The minimum Gasteiger partial charge on any atom is -0.192 e. The normalized spacial score (nSPS) is 11.3. The van der Waals surface area contributed by atoms with Gasteiger partial charge in [0.2, 0.25) is 0 Å². The Labute approximate surface area is 140 Å². The molecule has 0 spiro atoms. The highest BCUT2D eigenvalue weighted by Gasteiger charge is 2.13. The molecule has 112 valence electrons. The van der Waals surface area contributed by atoms with Crippen molar-refractivity contribution in [1.82, 2.24) is 0 Å². The molecule has 0 N–H and O–H groups in total. The summed E-state index contributed by atoms with van der Waals surface area (Å²) in [6, 6.07) is 14.6. The molecule has 0 aliphatic heterocycles. The number of hydrogen-bond acceptors (Lipinski definition) is 4. The van der Waals surface area contributed by atoms with Gasteiger partial charge in [-0.1, -0.05) is 42.5 Å². The minimum absolute atomic E-state index is 0.0480. The lowest BCUT2D eigenvalue weighted by atomic mass is 9.92. The van der Waals surface area contributed by atoms with Crippen LogP contribution in [0.15, 0.2) is 59.2 Å². The first kappa shape index (κ1) is 16.5. The van der Waals surface area contributed by atoms with Gasteiger partial charge in [-0.3, -0.25) is 0 Å². The predicted octanol–water partition coefficient (Wildman–Crippen LogP) is 2.29. The minimum atomic E-state index is 0.0480. The molecule has 0 radical (unpaired) electrons. The summed E-state index contributed by atoms with van der Waals surface area (Å²) in [5, 5.41) is 37.6. The molecule has 2 rings (SSSR count). The molecular formula is C20H12N4. The Morgan fingerprint density at radius 2 is 1.46 bits per heavy atom. The molecule has 0 aromatic heterocycles. The maximum absolute atomic E-state index is 9.16. The number of allylic oxidation sites excluding steroid dienone is 6. The molecule has 4 heteroatoms. The van der Waals surface area contributed by atoms with Crippen LogP contribution in [0.2, 0.25) is 0 Å². The van der Waals surface area contributed by atoms with Crippen molar-refractivity contribution < 1.29 is 0 Å². The Balaban J connectivity index is 2.81. The summed E-state index contributed by atoms with van der Waals surface area (Å²) in [6.45, 7) is 1.76. The largest absolute Gasteiger partial charge is 0.192 e. The zero-order chi connectivity index (χ0) is 17.5. The van der Waals surface area contributed by atoms with E-state index < -0.39 is 0 Å². The zero-order valence-electron chi connectivity index (χ0n) is 13.0. The summed E-state index contributed by atoms with van der Waals surface area (Å²) in [5.41, 5.74) is 2.59. The van der Waals surface area contributed by atoms with Gasteiger partial charge in [-0.05, 0) is 35.3 Å². The van der Waals surface area contributed by atoms with E-state index in [2.05, 4.69) is 0 Å². The maximum atomic E-state index is 9.16. The van der Waals surface area contributed by atoms with Gasteiger partial charge >= 0.3 is 0 Å². The number of nitriles is 4. The standard InChI is InChI=1S/C20H12N4/c1-14(18(10-21)11-22)20(16-4-2-3-5-16)17-8-6-15(7-9-17)19(12-23)13-24/h2-4,6-9H,5H2,1H3. The van der Waals surface area contributed by atoms with Gasteiger partial charge in [0.1, 0.15) is 35.4 Å². The first-order chi connectivity index (χ1) is 11.7. The van der Waals surface area contributed by atoms with Crippen LogP contribution in [0.1, 0.15) is 13.3 Å². The van der Waals surface area contributed by atoms with Gasteiger partial charge in [0.25, 0.3) is 0 Å². The first-order valence-electron chi connectivity index (χ1n) is 7.18. The fourth-order valence-corrected chi connectivity index (χ4v) is 2.55. The van der Waals surface area contributed by atoms with Crippen LogP contribution in [0.25, 0.3) is 11.1 Å². The predicted molar refractivity (Wildman–Crippen MR) is 89.5 cm³/mol. The van der Waals surface area contributed by atoms with E-state index in [1.54, 1.807) is 31.2 Å². The van der Waals surface area contributed by atoms with Crippen molar-refractivity contribution in [2.75, 3.05) is 0 Å². The average molecular weight is 308 g/mol. The lowest BCUT2D eigenvalue weighted by Crippen LogP contribution is -2.14. The molecule has 0 amide bonds. The molecule has 0 atom stereocenters. The van der Waals surface area contributed by atoms with Crippen LogP contribution in [-0.4, -0.2) is 0 Å². The summed E-state index contributed by atoms with van der Waals surface area (Å²) in [6.07, 6.45) is 6.63. The molecule has 4 nitrogen and oxygen atoms in total. The lowest BCUT2D eigenvalue weighted by molar-refractivity contribution is 1.29.